The highest BCUT2D eigenvalue weighted by atomic mass is 16.6. The number of ether oxygens (including phenoxy) is 1. The number of benzene rings is 2. The summed E-state index contributed by atoms with van der Waals surface area (Å²) in [6.45, 7) is 2.23. The van der Waals surface area contributed by atoms with Gasteiger partial charge in [-0.3, -0.25) is 0 Å². The van der Waals surface area contributed by atoms with Crippen LogP contribution in [0.3, 0.4) is 0 Å². The summed E-state index contributed by atoms with van der Waals surface area (Å²) in [7, 11) is 1.31. The van der Waals surface area contributed by atoms with Crippen molar-refractivity contribution in [3.63, 3.8) is 0 Å². The summed E-state index contributed by atoms with van der Waals surface area (Å²) in [5, 5.41) is 12.8. The summed E-state index contributed by atoms with van der Waals surface area (Å²) in [6, 6.07) is 14.7. The number of hydrogen-bond donors (Lipinski definition) is 1. The molecule has 0 fully saturated rings. The molecule has 0 aliphatic rings. The van der Waals surface area contributed by atoms with Gasteiger partial charge >= 0.3 is 5.97 Å². The third-order valence-electron chi connectivity index (χ3n) is 3.04. The Balaban J connectivity index is 2.25. The molecule has 0 saturated heterocycles. The molecule has 0 aliphatic carbocycles. The second-order valence-corrected chi connectivity index (χ2v) is 4.69. The zero-order valence-corrected chi connectivity index (χ0v) is 12.4. The fraction of sp³-hybridized carbons (Fsp3) is 0.176. The zero-order chi connectivity index (χ0) is 15.9. The third-order valence-corrected chi connectivity index (χ3v) is 3.04. The number of nitrogens with zero attached hydrogens (tertiary/aromatic N) is 1. The maximum atomic E-state index is 11.3. The molecule has 22 heavy (non-hydrogen) atoms. The lowest BCUT2D eigenvalue weighted by Crippen LogP contribution is -2.17. The standard InChI is InChI=1S/C17H17NO4/c1-12-6-5-8-14(10-12)22-11-13-7-3-4-9-15(13)16(17(19)20)18-21-2/h3-10H,11H2,1-2H3,(H,19,20). The van der Waals surface area contributed by atoms with Gasteiger partial charge in [-0.25, -0.2) is 4.79 Å². The van der Waals surface area contributed by atoms with Gasteiger partial charge in [0.25, 0.3) is 0 Å². The van der Waals surface area contributed by atoms with Crippen molar-refractivity contribution < 1.29 is 19.5 Å². The van der Waals surface area contributed by atoms with Gasteiger partial charge in [-0.05, 0) is 30.2 Å². The van der Waals surface area contributed by atoms with E-state index in [0.717, 1.165) is 16.9 Å². The molecule has 2 aromatic rings. The summed E-state index contributed by atoms with van der Waals surface area (Å²) in [4.78, 5) is 15.9. The summed E-state index contributed by atoms with van der Waals surface area (Å²) in [5.41, 5.74) is 2.15. The first-order valence-corrected chi connectivity index (χ1v) is 6.74. The average molecular weight is 299 g/mol. The maximum absolute atomic E-state index is 11.3. The number of oxime groups is 1. The largest absolute Gasteiger partial charge is 0.489 e. The van der Waals surface area contributed by atoms with Crippen molar-refractivity contribution >= 4 is 11.7 Å². The van der Waals surface area contributed by atoms with E-state index in [1.165, 1.54) is 7.11 Å². The van der Waals surface area contributed by atoms with E-state index in [2.05, 4.69) is 9.99 Å². The van der Waals surface area contributed by atoms with E-state index in [9.17, 15) is 9.90 Å². The smallest absolute Gasteiger partial charge is 0.358 e. The topological polar surface area (TPSA) is 68.1 Å². The number of hydrogen-bond acceptors (Lipinski definition) is 4. The molecule has 1 N–H and O–H groups in total. The maximum Gasteiger partial charge on any atom is 0.358 e. The summed E-state index contributed by atoms with van der Waals surface area (Å²) in [6.07, 6.45) is 0. The van der Waals surface area contributed by atoms with Gasteiger partial charge in [0.2, 0.25) is 0 Å². The lowest BCUT2D eigenvalue weighted by molar-refractivity contribution is -0.129. The van der Waals surface area contributed by atoms with Crippen LogP contribution in [-0.4, -0.2) is 23.9 Å². The minimum Gasteiger partial charge on any atom is -0.489 e. The Labute approximate surface area is 128 Å². The minimum atomic E-state index is -1.15. The van der Waals surface area contributed by atoms with E-state index in [1.54, 1.807) is 18.2 Å². The van der Waals surface area contributed by atoms with Gasteiger partial charge in [0.15, 0.2) is 5.71 Å². The predicted octanol–water partition coefficient (Wildman–Crippen LogP) is 3.01. The van der Waals surface area contributed by atoms with Gasteiger partial charge in [0.1, 0.15) is 19.5 Å². The Bertz CT molecular complexity index is 695. The molecule has 0 spiro atoms. The lowest BCUT2D eigenvalue weighted by atomic mass is 10.0. The molecule has 114 valence electrons. The molecule has 0 radical (unpaired) electrons. The molecule has 2 aromatic carbocycles. The number of carboxylic acids is 1. The molecule has 5 heteroatoms. The van der Waals surface area contributed by atoms with E-state index in [1.807, 2.05) is 37.3 Å². The number of carboxylic acid groups (broad SMARTS) is 1. The molecular weight excluding hydrogens is 282 g/mol. The highest BCUT2D eigenvalue weighted by Gasteiger charge is 2.17. The molecule has 0 saturated carbocycles. The Morgan fingerprint density at radius 3 is 2.64 bits per heavy atom. The van der Waals surface area contributed by atoms with E-state index in [4.69, 9.17) is 4.74 Å². The van der Waals surface area contributed by atoms with Gasteiger partial charge in [-0.2, -0.15) is 0 Å². The van der Waals surface area contributed by atoms with Gasteiger partial charge in [0, 0.05) is 5.56 Å². The van der Waals surface area contributed by atoms with Crippen molar-refractivity contribution in [2.45, 2.75) is 13.5 Å². The second kappa shape index (κ2) is 7.26. The van der Waals surface area contributed by atoms with Crippen molar-refractivity contribution in [3.05, 3.63) is 65.2 Å². The number of carbonyl (C=O) groups is 1. The summed E-state index contributed by atoms with van der Waals surface area (Å²) >= 11 is 0. The van der Waals surface area contributed by atoms with Crippen LogP contribution >= 0.6 is 0 Å². The van der Waals surface area contributed by atoms with E-state index in [-0.39, 0.29) is 12.3 Å². The molecule has 0 bridgehead atoms. The van der Waals surface area contributed by atoms with Crippen LogP contribution < -0.4 is 4.74 Å². The normalized spacial score (nSPS) is 11.1. The van der Waals surface area contributed by atoms with Crippen molar-refractivity contribution in [2.75, 3.05) is 7.11 Å². The summed E-state index contributed by atoms with van der Waals surface area (Å²) < 4.78 is 5.73. The highest BCUT2D eigenvalue weighted by Crippen LogP contribution is 2.17. The monoisotopic (exact) mass is 299 g/mol. The number of rotatable bonds is 6. The molecule has 5 nitrogen and oxygen atoms in total. The van der Waals surface area contributed by atoms with Crippen LogP contribution in [0.5, 0.6) is 5.75 Å². The van der Waals surface area contributed by atoms with Gasteiger partial charge in [0.05, 0.1) is 0 Å². The average Bonchev–Trinajstić information content (AvgIpc) is 2.51. The van der Waals surface area contributed by atoms with Crippen LogP contribution in [0.2, 0.25) is 0 Å². The Hall–Kier alpha value is -2.82. The number of aryl methyl sites for hydroxylation is 1. The Kier molecular flexibility index (Phi) is 5.14. The third kappa shape index (κ3) is 3.85. The van der Waals surface area contributed by atoms with Crippen LogP contribution in [0, 0.1) is 6.92 Å². The first-order valence-electron chi connectivity index (χ1n) is 6.74. The van der Waals surface area contributed by atoms with Gasteiger partial charge < -0.3 is 14.7 Å². The van der Waals surface area contributed by atoms with Crippen molar-refractivity contribution in [2.24, 2.45) is 5.16 Å². The SMILES string of the molecule is CON=C(C(=O)O)c1ccccc1COc1cccc(C)c1. The second-order valence-electron chi connectivity index (χ2n) is 4.69. The predicted molar refractivity (Wildman–Crippen MR) is 83.1 cm³/mol. The van der Waals surface area contributed by atoms with Gasteiger partial charge in [-0.15, -0.1) is 0 Å². The van der Waals surface area contributed by atoms with Crippen molar-refractivity contribution in [1.82, 2.24) is 0 Å². The van der Waals surface area contributed by atoms with Crippen LogP contribution in [0.4, 0.5) is 0 Å². The summed E-state index contributed by atoms with van der Waals surface area (Å²) in [5.74, 6) is -0.416. The molecule has 0 unspecified atom stereocenters. The highest BCUT2D eigenvalue weighted by molar-refractivity contribution is 6.42. The van der Waals surface area contributed by atoms with Crippen LogP contribution in [-0.2, 0) is 16.2 Å². The van der Waals surface area contributed by atoms with E-state index >= 15 is 0 Å². The Morgan fingerprint density at radius 2 is 1.95 bits per heavy atom. The molecule has 2 rings (SSSR count). The molecule has 0 atom stereocenters. The lowest BCUT2D eigenvalue weighted by Gasteiger charge is -2.11. The fourth-order valence-corrected chi connectivity index (χ4v) is 2.04. The Morgan fingerprint density at radius 1 is 1.18 bits per heavy atom. The van der Waals surface area contributed by atoms with Crippen molar-refractivity contribution in [1.29, 1.82) is 0 Å². The molecule has 0 aromatic heterocycles. The van der Waals surface area contributed by atoms with Crippen LogP contribution in [0.15, 0.2) is 53.7 Å². The quantitative estimate of drug-likeness (QED) is 0.657. The van der Waals surface area contributed by atoms with Crippen LogP contribution in [0.1, 0.15) is 16.7 Å². The van der Waals surface area contributed by atoms with Crippen LogP contribution in [0.25, 0.3) is 0 Å². The number of aliphatic carboxylic acids is 1. The molecule has 0 heterocycles. The fourth-order valence-electron chi connectivity index (χ4n) is 2.04. The first-order chi connectivity index (χ1) is 10.6. The van der Waals surface area contributed by atoms with Crippen molar-refractivity contribution in [3.8, 4) is 5.75 Å². The minimum absolute atomic E-state index is 0.147. The zero-order valence-electron chi connectivity index (χ0n) is 12.4. The first kappa shape index (κ1) is 15.6. The van der Waals surface area contributed by atoms with Gasteiger partial charge in [-0.1, -0.05) is 41.6 Å². The van der Waals surface area contributed by atoms with E-state index in [0.29, 0.717) is 5.56 Å². The van der Waals surface area contributed by atoms with E-state index < -0.39 is 5.97 Å². The molecule has 0 aliphatic heterocycles. The molecular formula is C17H17NO4. The molecule has 0 amide bonds.